The quantitative estimate of drug-likeness (QED) is 0.480. The van der Waals surface area contributed by atoms with Crippen LogP contribution in [0.5, 0.6) is 5.75 Å². The van der Waals surface area contributed by atoms with Crippen molar-refractivity contribution in [2.24, 2.45) is 0 Å². The Labute approximate surface area is 184 Å². The fourth-order valence-corrected chi connectivity index (χ4v) is 3.33. The first-order chi connectivity index (χ1) is 14.2. The van der Waals surface area contributed by atoms with E-state index in [4.69, 9.17) is 16.3 Å². The molecule has 0 spiro atoms. The highest BCUT2D eigenvalue weighted by molar-refractivity contribution is 6.31. The topological polar surface area (TPSA) is 38.3 Å². The molecule has 0 bridgehead atoms. The van der Waals surface area contributed by atoms with Crippen LogP contribution < -0.4 is 10.1 Å². The summed E-state index contributed by atoms with van der Waals surface area (Å²) in [5.74, 6) is 0.496. The van der Waals surface area contributed by atoms with Crippen LogP contribution in [0.25, 0.3) is 0 Å². The number of halogens is 1. The van der Waals surface area contributed by atoms with Crippen LogP contribution in [0.1, 0.15) is 60.8 Å². The average Bonchev–Trinajstić information content (AvgIpc) is 2.73. The van der Waals surface area contributed by atoms with E-state index in [0.717, 1.165) is 11.1 Å². The highest BCUT2D eigenvalue weighted by Crippen LogP contribution is 2.24. The monoisotopic (exact) mass is 421 g/mol. The SMILES string of the molecule is C[C@H](NC(=O)c1cccc(OCc2ccccc2Cl)c1)c1ccc(C(C)(C)C)cc1. The Kier molecular flexibility index (Phi) is 6.84. The van der Waals surface area contributed by atoms with Crippen LogP contribution in [0.15, 0.2) is 72.8 Å². The lowest BCUT2D eigenvalue weighted by atomic mass is 9.86. The summed E-state index contributed by atoms with van der Waals surface area (Å²) < 4.78 is 5.83. The maximum Gasteiger partial charge on any atom is 0.251 e. The van der Waals surface area contributed by atoms with Crippen molar-refractivity contribution in [3.63, 3.8) is 0 Å². The van der Waals surface area contributed by atoms with Crippen LogP contribution in [0.3, 0.4) is 0 Å². The lowest BCUT2D eigenvalue weighted by Crippen LogP contribution is -2.26. The molecule has 0 fully saturated rings. The first-order valence-electron chi connectivity index (χ1n) is 10.1. The number of hydrogen-bond acceptors (Lipinski definition) is 2. The molecule has 0 aliphatic heterocycles. The molecule has 0 heterocycles. The smallest absolute Gasteiger partial charge is 0.251 e. The number of rotatable bonds is 6. The van der Waals surface area contributed by atoms with Crippen molar-refractivity contribution in [3.05, 3.63) is 100 Å². The van der Waals surface area contributed by atoms with Gasteiger partial charge in [-0.3, -0.25) is 4.79 Å². The number of benzene rings is 3. The third kappa shape index (κ3) is 5.64. The Morgan fingerprint density at radius 1 is 1.00 bits per heavy atom. The van der Waals surface area contributed by atoms with Crippen molar-refractivity contribution in [3.8, 4) is 5.75 Å². The zero-order valence-electron chi connectivity index (χ0n) is 17.9. The summed E-state index contributed by atoms with van der Waals surface area (Å²) >= 11 is 6.18. The predicted molar refractivity (Wildman–Crippen MR) is 123 cm³/mol. The molecule has 3 rings (SSSR count). The molecule has 4 heteroatoms. The molecule has 3 nitrogen and oxygen atoms in total. The van der Waals surface area contributed by atoms with Crippen LogP contribution in [0.4, 0.5) is 0 Å². The number of nitrogens with one attached hydrogen (secondary N) is 1. The lowest BCUT2D eigenvalue weighted by molar-refractivity contribution is 0.0939. The largest absolute Gasteiger partial charge is 0.489 e. The first kappa shape index (κ1) is 21.9. The Bertz CT molecular complexity index is 1010. The minimum Gasteiger partial charge on any atom is -0.489 e. The van der Waals surface area contributed by atoms with Crippen LogP contribution >= 0.6 is 11.6 Å². The van der Waals surface area contributed by atoms with Gasteiger partial charge in [-0.15, -0.1) is 0 Å². The van der Waals surface area contributed by atoms with Crippen molar-refractivity contribution >= 4 is 17.5 Å². The first-order valence-corrected chi connectivity index (χ1v) is 10.5. The van der Waals surface area contributed by atoms with Gasteiger partial charge in [-0.05, 0) is 47.7 Å². The second kappa shape index (κ2) is 9.36. The summed E-state index contributed by atoms with van der Waals surface area (Å²) in [6, 6.07) is 23.1. The summed E-state index contributed by atoms with van der Waals surface area (Å²) in [5, 5.41) is 3.73. The van der Waals surface area contributed by atoms with Crippen molar-refractivity contribution in [2.75, 3.05) is 0 Å². The Morgan fingerprint density at radius 2 is 1.70 bits per heavy atom. The maximum absolute atomic E-state index is 12.7. The molecule has 0 saturated carbocycles. The summed E-state index contributed by atoms with van der Waals surface area (Å²) in [4.78, 5) is 12.7. The van der Waals surface area contributed by atoms with Crippen LogP contribution in [0, 0.1) is 0 Å². The minimum absolute atomic E-state index is 0.0979. The van der Waals surface area contributed by atoms with E-state index in [2.05, 4.69) is 50.4 Å². The molecule has 1 amide bonds. The zero-order chi connectivity index (χ0) is 21.7. The van der Waals surface area contributed by atoms with Gasteiger partial charge in [0.05, 0.1) is 6.04 Å². The number of carbonyl (C=O) groups is 1. The van der Waals surface area contributed by atoms with Crippen molar-refractivity contribution in [1.29, 1.82) is 0 Å². The van der Waals surface area contributed by atoms with Gasteiger partial charge in [-0.2, -0.15) is 0 Å². The van der Waals surface area contributed by atoms with E-state index < -0.39 is 0 Å². The summed E-state index contributed by atoms with van der Waals surface area (Å²) in [6.07, 6.45) is 0. The van der Waals surface area contributed by atoms with E-state index in [9.17, 15) is 4.79 Å². The van der Waals surface area contributed by atoms with Gasteiger partial charge in [0.1, 0.15) is 12.4 Å². The normalized spacial score (nSPS) is 12.3. The number of ether oxygens (including phenoxy) is 1. The summed E-state index contributed by atoms with van der Waals surface area (Å²) in [6.45, 7) is 8.90. The molecule has 3 aromatic carbocycles. The van der Waals surface area contributed by atoms with Gasteiger partial charge in [0.2, 0.25) is 0 Å². The third-order valence-corrected chi connectivity index (χ3v) is 5.44. The van der Waals surface area contributed by atoms with Crippen molar-refractivity contribution < 1.29 is 9.53 Å². The van der Waals surface area contributed by atoms with Crippen molar-refractivity contribution in [1.82, 2.24) is 5.32 Å². The van der Waals surface area contributed by atoms with Gasteiger partial charge in [-0.25, -0.2) is 0 Å². The number of hydrogen-bond donors (Lipinski definition) is 1. The molecule has 1 atom stereocenters. The fraction of sp³-hybridized carbons (Fsp3) is 0.269. The van der Waals surface area contributed by atoms with Crippen molar-refractivity contribution in [2.45, 2.75) is 45.8 Å². The maximum atomic E-state index is 12.7. The molecule has 0 aliphatic carbocycles. The highest BCUT2D eigenvalue weighted by Gasteiger charge is 2.16. The Morgan fingerprint density at radius 3 is 2.37 bits per heavy atom. The summed E-state index contributed by atoms with van der Waals surface area (Å²) in [7, 11) is 0. The Balaban J connectivity index is 1.64. The molecule has 0 unspecified atom stereocenters. The van der Waals surface area contributed by atoms with E-state index in [1.165, 1.54) is 5.56 Å². The molecule has 156 valence electrons. The third-order valence-electron chi connectivity index (χ3n) is 5.07. The molecular formula is C26H28ClNO2. The van der Waals surface area contributed by atoms with Crippen LogP contribution in [0.2, 0.25) is 5.02 Å². The second-order valence-corrected chi connectivity index (χ2v) is 8.88. The average molecular weight is 422 g/mol. The van der Waals surface area contributed by atoms with E-state index in [-0.39, 0.29) is 17.4 Å². The molecule has 1 N–H and O–H groups in total. The Hall–Kier alpha value is -2.78. The molecule has 0 aliphatic rings. The zero-order valence-corrected chi connectivity index (χ0v) is 18.7. The molecule has 0 aromatic heterocycles. The molecule has 0 saturated heterocycles. The number of carbonyl (C=O) groups excluding carboxylic acids is 1. The van der Waals surface area contributed by atoms with Crippen LogP contribution in [-0.2, 0) is 12.0 Å². The van der Waals surface area contributed by atoms with E-state index in [1.54, 1.807) is 12.1 Å². The van der Waals surface area contributed by atoms with E-state index >= 15 is 0 Å². The van der Waals surface area contributed by atoms with Gasteiger partial charge in [0.25, 0.3) is 5.91 Å². The standard InChI is InChI=1S/C26H28ClNO2/c1-18(19-12-14-22(15-13-19)26(2,3)4)28-25(29)20-9-7-10-23(16-20)30-17-21-8-5-6-11-24(21)27/h5-16,18H,17H2,1-4H3,(H,28,29)/t18-/m0/s1. The fourth-order valence-electron chi connectivity index (χ4n) is 3.14. The molecule has 30 heavy (non-hydrogen) atoms. The molecule has 0 radical (unpaired) electrons. The van der Waals surface area contributed by atoms with Gasteiger partial charge in [0.15, 0.2) is 0 Å². The summed E-state index contributed by atoms with van der Waals surface area (Å²) in [5.41, 5.74) is 3.91. The van der Waals surface area contributed by atoms with E-state index in [1.807, 2.05) is 43.3 Å². The molecule has 3 aromatic rings. The van der Waals surface area contributed by atoms with Gasteiger partial charge >= 0.3 is 0 Å². The van der Waals surface area contributed by atoms with Gasteiger partial charge < -0.3 is 10.1 Å². The van der Waals surface area contributed by atoms with Crippen LogP contribution in [-0.4, -0.2) is 5.91 Å². The van der Waals surface area contributed by atoms with E-state index in [0.29, 0.717) is 22.9 Å². The molecular weight excluding hydrogens is 394 g/mol. The van der Waals surface area contributed by atoms with Gasteiger partial charge in [0, 0.05) is 16.1 Å². The lowest BCUT2D eigenvalue weighted by Gasteiger charge is -2.21. The van der Waals surface area contributed by atoms with Gasteiger partial charge in [-0.1, -0.05) is 80.9 Å². The number of amides is 1. The highest BCUT2D eigenvalue weighted by atomic mass is 35.5. The minimum atomic E-state index is -0.134. The second-order valence-electron chi connectivity index (χ2n) is 8.48. The predicted octanol–water partition coefficient (Wildman–Crippen LogP) is 6.71.